The van der Waals surface area contributed by atoms with Crippen LogP contribution >= 0.6 is 0 Å². The Morgan fingerprint density at radius 2 is 2.00 bits per heavy atom. The monoisotopic (exact) mass is 422 g/mol. The summed E-state index contributed by atoms with van der Waals surface area (Å²) >= 11 is 0. The average Bonchev–Trinajstić information content (AvgIpc) is 2.71. The molecule has 11 heteroatoms. The molecule has 0 unspecified atom stereocenters. The summed E-state index contributed by atoms with van der Waals surface area (Å²) in [5.74, 6) is -0.313. The maximum absolute atomic E-state index is 12.3. The Labute approximate surface area is 166 Å². The highest BCUT2D eigenvalue weighted by Crippen LogP contribution is 2.33. The predicted octanol–water partition coefficient (Wildman–Crippen LogP) is 2.12. The van der Waals surface area contributed by atoms with E-state index in [9.17, 15) is 23.3 Å². The molecule has 0 bridgehead atoms. The molecular weight excluding hydrogens is 404 g/mol. The van der Waals surface area contributed by atoms with Crippen LogP contribution in [0.5, 0.6) is 5.75 Å². The van der Waals surface area contributed by atoms with Crippen LogP contribution < -0.4 is 9.46 Å². The van der Waals surface area contributed by atoms with E-state index in [1.807, 2.05) is 0 Å². The van der Waals surface area contributed by atoms with Crippen molar-refractivity contribution in [1.29, 1.82) is 0 Å². The summed E-state index contributed by atoms with van der Waals surface area (Å²) in [6.45, 7) is 1.80. The fourth-order valence-corrected chi connectivity index (χ4v) is 3.80. The second-order valence-corrected chi connectivity index (χ2v) is 7.83. The normalized spacial score (nSPS) is 13.3. The molecule has 0 aliphatic carbocycles. The number of nitro benzene ring substituents is 1. The number of rotatable bonds is 7. The molecule has 0 saturated heterocycles. The van der Waals surface area contributed by atoms with E-state index in [1.165, 1.54) is 36.4 Å². The van der Waals surface area contributed by atoms with Gasteiger partial charge in [-0.2, -0.15) is 0 Å². The van der Waals surface area contributed by atoms with Gasteiger partial charge in [-0.15, -0.1) is 0 Å². The van der Waals surface area contributed by atoms with Crippen molar-refractivity contribution in [1.82, 2.24) is 4.72 Å². The molecule has 154 valence electrons. The fraction of sp³-hybridized carbons (Fsp3) is 0.278. The van der Waals surface area contributed by atoms with Crippen LogP contribution in [-0.2, 0) is 32.7 Å². The number of non-ortho nitro benzene ring substituents is 1. The molecule has 2 aromatic carbocycles. The lowest BCUT2D eigenvalue weighted by molar-refractivity contribution is -0.385. The van der Waals surface area contributed by atoms with Crippen LogP contribution in [0.2, 0.25) is 0 Å². The van der Waals surface area contributed by atoms with Crippen molar-refractivity contribution >= 4 is 21.7 Å². The number of hydrogen-bond acceptors (Lipinski definition) is 8. The molecule has 1 heterocycles. The maximum Gasteiger partial charge on any atom is 0.338 e. The van der Waals surface area contributed by atoms with E-state index in [0.717, 1.165) is 0 Å². The lowest BCUT2D eigenvalue weighted by Crippen LogP contribution is -2.23. The van der Waals surface area contributed by atoms with Crippen LogP contribution in [0.3, 0.4) is 0 Å². The molecule has 29 heavy (non-hydrogen) atoms. The van der Waals surface area contributed by atoms with Gasteiger partial charge in [-0.05, 0) is 24.3 Å². The number of nitro groups is 1. The van der Waals surface area contributed by atoms with Gasteiger partial charge in [-0.1, -0.05) is 6.92 Å². The standard InChI is InChI=1S/C18H18N2O8S/c1-2-19-29(24,25)16-5-3-12(4-6-16)18(21)27-10-14-8-15(20(22)23)7-13-9-26-11-28-17(13)14/h3-8,19H,2,9-11H2,1H3. The molecule has 1 aliphatic rings. The topological polar surface area (TPSA) is 134 Å². The predicted molar refractivity (Wildman–Crippen MR) is 99.8 cm³/mol. The summed E-state index contributed by atoms with van der Waals surface area (Å²) in [5, 5.41) is 11.1. The summed E-state index contributed by atoms with van der Waals surface area (Å²) in [5.41, 5.74) is 0.817. The second-order valence-electron chi connectivity index (χ2n) is 6.06. The quantitative estimate of drug-likeness (QED) is 0.407. The Hall–Kier alpha value is -3.02. The molecule has 1 N–H and O–H groups in total. The minimum atomic E-state index is -3.63. The zero-order valence-corrected chi connectivity index (χ0v) is 16.2. The summed E-state index contributed by atoms with van der Waals surface area (Å²) in [6, 6.07) is 7.89. The van der Waals surface area contributed by atoms with Gasteiger partial charge in [0.2, 0.25) is 10.0 Å². The van der Waals surface area contributed by atoms with Crippen LogP contribution in [-0.4, -0.2) is 32.6 Å². The van der Waals surface area contributed by atoms with Crippen molar-refractivity contribution in [3.8, 4) is 5.75 Å². The number of ether oxygens (including phenoxy) is 3. The van der Waals surface area contributed by atoms with Crippen molar-refractivity contribution < 1.29 is 32.3 Å². The lowest BCUT2D eigenvalue weighted by atomic mass is 10.1. The van der Waals surface area contributed by atoms with E-state index in [2.05, 4.69) is 4.72 Å². The SMILES string of the molecule is CCNS(=O)(=O)c1ccc(C(=O)OCc2cc([N+](=O)[O-])cc3c2OCOC3)cc1. The van der Waals surface area contributed by atoms with Crippen molar-refractivity contribution in [2.24, 2.45) is 0 Å². The molecule has 0 amide bonds. The number of esters is 1. The van der Waals surface area contributed by atoms with Crippen LogP contribution in [0.4, 0.5) is 5.69 Å². The number of carbonyl (C=O) groups excluding carboxylic acids is 1. The van der Waals surface area contributed by atoms with Gasteiger partial charge in [0.1, 0.15) is 12.4 Å². The van der Waals surface area contributed by atoms with Crippen LogP contribution in [0.15, 0.2) is 41.3 Å². The summed E-state index contributed by atoms with van der Waals surface area (Å²) in [4.78, 5) is 22.9. The number of nitrogens with zero attached hydrogens (tertiary/aromatic N) is 1. The summed E-state index contributed by atoms with van der Waals surface area (Å²) < 4.78 is 42.0. The van der Waals surface area contributed by atoms with Gasteiger partial charge >= 0.3 is 5.97 Å². The number of benzene rings is 2. The maximum atomic E-state index is 12.3. The molecule has 10 nitrogen and oxygen atoms in total. The second kappa shape index (κ2) is 8.55. The third-order valence-electron chi connectivity index (χ3n) is 4.08. The van der Waals surface area contributed by atoms with Crippen LogP contribution in [0, 0.1) is 10.1 Å². The number of hydrogen-bond donors (Lipinski definition) is 1. The largest absolute Gasteiger partial charge is 0.467 e. The van der Waals surface area contributed by atoms with E-state index in [1.54, 1.807) is 6.92 Å². The van der Waals surface area contributed by atoms with Gasteiger partial charge in [0.25, 0.3) is 5.69 Å². The first kappa shape index (κ1) is 20.7. The lowest BCUT2D eigenvalue weighted by Gasteiger charge is -2.20. The van der Waals surface area contributed by atoms with Gasteiger partial charge in [0.15, 0.2) is 6.79 Å². The van der Waals surface area contributed by atoms with Crippen LogP contribution in [0.1, 0.15) is 28.4 Å². The molecule has 1 aliphatic heterocycles. The third-order valence-corrected chi connectivity index (χ3v) is 5.64. The first-order valence-corrected chi connectivity index (χ1v) is 10.1. The highest BCUT2D eigenvalue weighted by Gasteiger charge is 2.22. The Morgan fingerprint density at radius 3 is 2.66 bits per heavy atom. The van der Waals surface area contributed by atoms with Crippen molar-refractivity contribution in [2.45, 2.75) is 25.0 Å². The Morgan fingerprint density at radius 1 is 1.28 bits per heavy atom. The number of carbonyl (C=O) groups is 1. The molecule has 0 radical (unpaired) electrons. The first-order valence-electron chi connectivity index (χ1n) is 8.59. The molecular formula is C18H18N2O8S. The highest BCUT2D eigenvalue weighted by atomic mass is 32.2. The molecule has 0 saturated carbocycles. The number of fused-ring (bicyclic) bond motifs is 1. The molecule has 0 spiro atoms. The van der Waals surface area contributed by atoms with E-state index in [0.29, 0.717) is 16.9 Å². The van der Waals surface area contributed by atoms with Gasteiger partial charge in [0.05, 0.1) is 22.0 Å². The van der Waals surface area contributed by atoms with Gasteiger partial charge in [-0.25, -0.2) is 17.9 Å². The van der Waals surface area contributed by atoms with E-state index >= 15 is 0 Å². The average molecular weight is 422 g/mol. The molecule has 0 aromatic heterocycles. The van der Waals surface area contributed by atoms with Gasteiger partial charge in [-0.3, -0.25) is 10.1 Å². The van der Waals surface area contributed by atoms with E-state index < -0.39 is 20.9 Å². The zero-order valence-electron chi connectivity index (χ0n) is 15.4. The van der Waals surface area contributed by atoms with E-state index in [-0.39, 0.29) is 42.7 Å². The Kier molecular flexibility index (Phi) is 6.11. The Balaban J connectivity index is 1.75. The van der Waals surface area contributed by atoms with Crippen LogP contribution in [0.25, 0.3) is 0 Å². The molecule has 0 fully saturated rings. The summed E-state index contributed by atoms with van der Waals surface area (Å²) in [7, 11) is -3.63. The van der Waals surface area contributed by atoms with Gasteiger partial charge < -0.3 is 14.2 Å². The van der Waals surface area contributed by atoms with Crippen molar-refractivity contribution in [3.63, 3.8) is 0 Å². The molecule has 3 rings (SSSR count). The smallest absolute Gasteiger partial charge is 0.338 e. The Bertz CT molecular complexity index is 1030. The first-order chi connectivity index (χ1) is 13.8. The number of sulfonamides is 1. The summed E-state index contributed by atoms with van der Waals surface area (Å²) in [6.07, 6.45) is 0. The van der Waals surface area contributed by atoms with E-state index in [4.69, 9.17) is 14.2 Å². The van der Waals surface area contributed by atoms with Gasteiger partial charge in [0, 0.05) is 29.8 Å². The highest BCUT2D eigenvalue weighted by molar-refractivity contribution is 7.89. The third kappa shape index (κ3) is 4.70. The van der Waals surface area contributed by atoms with Crippen molar-refractivity contribution in [3.05, 3.63) is 63.2 Å². The fourth-order valence-electron chi connectivity index (χ4n) is 2.76. The minimum Gasteiger partial charge on any atom is -0.467 e. The zero-order chi connectivity index (χ0) is 21.0. The molecule has 0 atom stereocenters. The number of nitrogens with one attached hydrogen (secondary N) is 1. The van der Waals surface area contributed by atoms with Crippen molar-refractivity contribution in [2.75, 3.05) is 13.3 Å². The molecule has 2 aromatic rings. The minimum absolute atomic E-state index is 0.00646.